The molecule has 0 atom stereocenters. The zero-order valence-corrected chi connectivity index (χ0v) is 15.5. The highest BCUT2D eigenvalue weighted by Gasteiger charge is 2.18. The Bertz CT molecular complexity index is 1190. The number of pyridine rings is 1. The molecule has 2 aromatic carbocycles. The van der Waals surface area contributed by atoms with Gasteiger partial charge in [0.05, 0.1) is 6.57 Å². The van der Waals surface area contributed by atoms with Crippen LogP contribution in [-0.2, 0) is 7.05 Å². The predicted molar refractivity (Wildman–Crippen MR) is 105 cm³/mol. The summed E-state index contributed by atoms with van der Waals surface area (Å²) < 4.78 is 8.25. The molecule has 3 heteroatoms. The van der Waals surface area contributed by atoms with Gasteiger partial charge >= 0.3 is 0 Å². The third-order valence-electron chi connectivity index (χ3n) is 5.04. The van der Waals surface area contributed by atoms with E-state index >= 15 is 0 Å². The van der Waals surface area contributed by atoms with Crippen molar-refractivity contribution in [2.45, 2.75) is 26.7 Å². The summed E-state index contributed by atoms with van der Waals surface area (Å²) in [6.45, 7) is 14.0. The molecule has 0 aliphatic heterocycles. The Morgan fingerprint density at radius 1 is 1.08 bits per heavy atom. The van der Waals surface area contributed by atoms with Crippen LogP contribution in [0.25, 0.3) is 38.0 Å². The fourth-order valence-corrected chi connectivity index (χ4v) is 3.55. The summed E-state index contributed by atoms with van der Waals surface area (Å²) >= 11 is 0. The lowest BCUT2D eigenvalue weighted by Crippen LogP contribution is -2.30. The third-order valence-corrected chi connectivity index (χ3v) is 5.04. The van der Waals surface area contributed by atoms with Crippen LogP contribution in [0.5, 0.6) is 0 Å². The highest BCUT2D eigenvalue weighted by molar-refractivity contribution is 6.13. The largest absolute Gasteiger partial charge is 0.457 e. The van der Waals surface area contributed by atoms with Gasteiger partial charge in [0.15, 0.2) is 11.9 Å². The zero-order chi connectivity index (χ0) is 18.4. The molecule has 4 aromatic rings. The Hall–Kier alpha value is -3.12. The summed E-state index contributed by atoms with van der Waals surface area (Å²) in [4.78, 5) is 3.79. The van der Waals surface area contributed by atoms with Crippen LogP contribution in [0.15, 0.2) is 53.1 Å². The molecule has 128 valence electrons. The number of hydrogen-bond acceptors (Lipinski definition) is 1. The number of rotatable bonds is 2. The molecule has 0 saturated carbocycles. The third kappa shape index (κ3) is 2.46. The highest BCUT2D eigenvalue weighted by atomic mass is 16.3. The van der Waals surface area contributed by atoms with E-state index in [1.165, 1.54) is 0 Å². The molecule has 4 rings (SSSR count). The number of hydrogen-bond donors (Lipinski definition) is 0. The van der Waals surface area contributed by atoms with Crippen molar-refractivity contribution in [3.8, 4) is 11.3 Å². The zero-order valence-electron chi connectivity index (χ0n) is 15.5. The van der Waals surface area contributed by atoms with Crippen molar-refractivity contribution >= 4 is 27.6 Å². The van der Waals surface area contributed by atoms with Crippen molar-refractivity contribution in [3.63, 3.8) is 0 Å². The Kier molecular flexibility index (Phi) is 3.77. The summed E-state index contributed by atoms with van der Waals surface area (Å²) in [5.74, 6) is 0.355. The number of furan rings is 1. The molecule has 0 aliphatic rings. The average molecular weight is 341 g/mol. The second-order valence-corrected chi connectivity index (χ2v) is 7.14. The fraction of sp³-hybridized carbons (Fsp3) is 0.217. The van der Waals surface area contributed by atoms with E-state index in [2.05, 4.69) is 54.4 Å². The van der Waals surface area contributed by atoms with Gasteiger partial charge in [-0.25, -0.2) is 9.41 Å². The molecule has 0 fully saturated rings. The van der Waals surface area contributed by atoms with Crippen LogP contribution in [0.4, 0.5) is 5.69 Å². The average Bonchev–Trinajstić information content (AvgIpc) is 2.97. The van der Waals surface area contributed by atoms with Gasteiger partial charge in [-0.15, -0.1) is 0 Å². The van der Waals surface area contributed by atoms with Gasteiger partial charge in [0.25, 0.3) is 0 Å². The maximum atomic E-state index is 7.65. The molecule has 0 saturated heterocycles. The lowest BCUT2D eigenvalue weighted by molar-refractivity contribution is -0.660. The lowest BCUT2D eigenvalue weighted by Gasteiger charge is -2.06. The van der Waals surface area contributed by atoms with E-state index in [-0.39, 0.29) is 0 Å². The summed E-state index contributed by atoms with van der Waals surface area (Å²) in [5.41, 5.74) is 6.89. The smallest absolute Gasteiger partial charge is 0.212 e. The van der Waals surface area contributed by atoms with Gasteiger partial charge in [-0.3, -0.25) is 0 Å². The van der Waals surface area contributed by atoms with Crippen LogP contribution < -0.4 is 4.57 Å². The maximum absolute atomic E-state index is 7.65. The summed E-state index contributed by atoms with van der Waals surface area (Å²) in [7, 11) is 2.05. The molecule has 2 heterocycles. The number of fused-ring (bicyclic) bond motifs is 3. The molecular weight excluding hydrogens is 320 g/mol. The van der Waals surface area contributed by atoms with Gasteiger partial charge in [0, 0.05) is 28.5 Å². The second kappa shape index (κ2) is 6.00. The minimum atomic E-state index is 0.355. The van der Waals surface area contributed by atoms with E-state index in [1.54, 1.807) is 0 Å². The molecule has 0 spiro atoms. The predicted octanol–water partition coefficient (Wildman–Crippen LogP) is 6.06. The lowest BCUT2D eigenvalue weighted by atomic mass is 9.98. The number of nitrogens with zero attached hydrogens (tertiary/aromatic N) is 2. The standard InChI is InChI=1S/C23H21N2O/c1-14(2)16-11-19(24-4)23-18-13-17(20-8-6-7-9-25(20)5)15(3)10-21(18)26-22(23)12-16/h6-14H,1-3,5H3/q+1. The molecule has 0 N–H and O–H groups in total. The quantitative estimate of drug-likeness (QED) is 0.321. The van der Waals surface area contributed by atoms with E-state index < -0.39 is 0 Å². The van der Waals surface area contributed by atoms with Gasteiger partial charge in [-0.2, -0.15) is 0 Å². The fourth-order valence-electron chi connectivity index (χ4n) is 3.55. The highest BCUT2D eigenvalue weighted by Crippen LogP contribution is 2.40. The molecule has 2 aromatic heterocycles. The summed E-state index contributed by atoms with van der Waals surface area (Å²) in [5, 5.41) is 1.92. The monoisotopic (exact) mass is 341 g/mol. The summed E-state index contributed by atoms with van der Waals surface area (Å²) in [6.07, 6.45) is 2.05. The molecule has 0 unspecified atom stereocenters. The molecule has 0 radical (unpaired) electrons. The normalized spacial score (nSPS) is 11.4. The first-order valence-corrected chi connectivity index (χ1v) is 8.83. The Morgan fingerprint density at radius 3 is 2.58 bits per heavy atom. The van der Waals surface area contributed by atoms with Gasteiger partial charge in [0.2, 0.25) is 5.69 Å². The Morgan fingerprint density at radius 2 is 1.88 bits per heavy atom. The van der Waals surface area contributed by atoms with Crippen LogP contribution in [0.3, 0.4) is 0 Å². The van der Waals surface area contributed by atoms with E-state index in [1.807, 2.05) is 31.4 Å². The molecule has 0 amide bonds. The molecule has 26 heavy (non-hydrogen) atoms. The van der Waals surface area contributed by atoms with E-state index in [0.29, 0.717) is 11.6 Å². The van der Waals surface area contributed by atoms with Crippen molar-refractivity contribution < 1.29 is 8.98 Å². The van der Waals surface area contributed by atoms with Crippen molar-refractivity contribution in [1.29, 1.82) is 0 Å². The van der Waals surface area contributed by atoms with Crippen LogP contribution in [0.1, 0.15) is 30.9 Å². The maximum Gasteiger partial charge on any atom is 0.212 e. The van der Waals surface area contributed by atoms with E-state index in [0.717, 1.165) is 44.3 Å². The Balaban J connectivity index is 2.08. The number of benzene rings is 2. The first kappa shape index (κ1) is 16.4. The first-order chi connectivity index (χ1) is 12.5. The van der Waals surface area contributed by atoms with Gasteiger partial charge in [-0.05, 0) is 42.7 Å². The molecular formula is C23H21N2O+. The first-order valence-electron chi connectivity index (χ1n) is 8.83. The van der Waals surface area contributed by atoms with Gasteiger partial charge in [-0.1, -0.05) is 25.5 Å². The SMILES string of the molecule is [C-]#[N+]c1cc(C(C)C)cc2oc3cc(C)c(-c4cccc[n+]4C)cc3c12. The number of aromatic nitrogens is 1. The summed E-state index contributed by atoms with van der Waals surface area (Å²) in [6, 6.07) is 14.5. The van der Waals surface area contributed by atoms with Crippen molar-refractivity contribution in [3.05, 3.63) is 71.2 Å². The second-order valence-electron chi connectivity index (χ2n) is 7.14. The van der Waals surface area contributed by atoms with Gasteiger partial charge < -0.3 is 4.42 Å². The van der Waals surface area contributed by atoms with Gasteiger partial charge in [0.1, 0.15) is 18.2 Å². The molecule has 0 bridgehead atoms. The minimum Gasteiger partial charge on any atom is -0.457 e. The molecule has 3 nitrogen and oxygen atoms in total. The minimum absolute atomic E-state index is 0.355. The topological polar surface area (TPSA) is 21.4 Å². The van der Waals surface area contributed by atoms with E-state index in [9.17, 15) is 0 Å². The van der Waals surface area contributed by atoms with Crippen molar-refractivity contribution in [2.75, 3.05) is 0 Å². The van der Waals surface area contributed by atoms with Crippen molar-refractivity contribution in [2.24, 2.45) is 7.05 Å². The van der Waals surface area contributed by atoms with Crippen LogP contribution >= 0.6 is 0 Å². The Labute approximate surface area is 153 Å². The van der Waals surface area contributed by atoms with Crippen LogP contribution in [0.2, 0.25) is 0 Å². The van der Waals surface area contributed by atoms with Crippen LogP contribution in [-0.4, -0.2) is 0 Å². The van der Waals surface area contributed by atoms with Crippen LogP contribution in [0, 0.1) is 13.5 Å². The number of aryl methyl sites for hydroxylation is 2. The van der Waals surface area contributed by atoms with Crippen molar-refractivity contribution in [1.82, 2.24) is 0 Å². The van der Waals surface area contributed by atoms with E-state index in [4.69, 9.17) is 11.0 Å². The molecule has 0 aliphatic carbocycles.